The number of fused-ring (bicyclic) bond motifs is 1. The molecule has 0 saturated carbocycles. The minimum Gasteiger partial charge on any atom is -0.355 e. The number of carbonyl (C=O) groups is 1. The third-order valence-electron chi connectivity index (χ3n) is 4.84. The van der Waals surface area contributed by atoms with Gasteiger partial charge in [0.05, 0.1) is 17.9 Å². The molecule has 13 heteroatoms. The molecule has 1 saturated heterocycles. The van der Waals surface area contributed by atoms with Crippen LogP contribution in [0.2, 0.25) is 0 Å². The van der Waals surface area contributed by atoms with Crippen LogP contribution in [0.3, 0.4) is 0 Å². The molecule has 0 unspecified atom stereocenters. The number of anilines is 2. The summed E-state index contributed by atoms with van der Waals surface area (Å²) in [7, 11) is 1.32. The van der Waals surface area contributed by atoms with E-state index in [0.717, 1.165) is 10.9 Å². The molecule has 160 valence electrons. The van der Waals surface area contributed by atoms with E-state index in [0.29, 0.717) is 12.4 Å². The van der Waals surface area contributed by atoms with Gasteiger partial charge in [0.15, 0.2) is 11.3 Å². The number of nitrogens with zero attached hydrogens (tertiary/aromatic N) is 6. The number of carbonyl (C=O) groups excluding carboxylic acids is 1. The van der Waals surface area contributed by atoms with Crippen molar-refractivity contribution < 1.29 is 22.4 Å². The topological polar surface area (TPSA) is 106 Å². The molecule has 1 amide bonds. The summed E-state index contributed by atoms with van der Waals surface area (Å²) in [6.07, 6.45) is -1.73. The third-order valence-corrected chi connectivity index (χ3v) is 4.84. The van der Waals surface area contributed by atoms with Crippen LogP contribution in [0.15, 0.2) is 24.7 Å². The van der Waals surface area contributed by atoms with Gasteiger partial charge < -0.3 is 16.0 Å². The summed E-state index contributed by atoms with van der Waals surface area (Å²) >= 11 is 0. The summed E-state index contributed by atoms with van der Waals surface area (Å²) in [4.78, 5) is 18.9. The standard InChI is InChI=1S/C17H18F4N8O/c1-27-8-12(14(26-27)17(19,20)21)24-16(30)9-6-23-29-5-3-13(25-15(9)29)28-4-2-10(18)11(22)7-28/h3,5-6,8,10-11H,2,4,7,22H2,1H3,(H,24,30)/t10-,11-/m1/s1. The lowest BCUT2D eigenvalue weighted by atomic mass is 10.0. The van der Waals surface area contributed by atoms with Gasteiger partial charge in [0.1, 0.15) is 17.6 Å². The highest BCUT2D eigenvalue weighted by Crippen LogP contribution is 2.33. The Bertz CT molecular complexity index is 1090. The van der Waals surface area contributed by atoms with Crippen molar-refractivity contribution >= 4 is 23.1 Å². The predicted octanol–water partition coefficient (Wildman–Crippen LogP) is 1.61. The van der Waals surface area contributed by atoms with Crippen LogP contribution < -0.4 is 16.0 Å². The molecule has 30 heavy (non-hydrogen) atoms. The van der Waals surface area contributed by atoms with E-state index in [1.807, 2.05) is 0 Å². The molecule has 3 aromatic heterocycles. The van der Waals surface area contributed by atoms with Gasteiger partial charge in [-0.15, -0.1) is 0 Å². The lowest BCUT2D eigenvalue weighted by molar-refractivity contribution is -0.140. The Balaban J connectivity index is 1.63. The minimum atomic E-state index is -4.72. The second-order valence-corrected chi connectivity index (χ2v) is 7.04. The van der Waals surface area contributed by atoms with Gasteiger partial charge in [-0.05, 0) is 12.5 Å². The lowest BCUT2D eigenvalue weighted by Crippen LogP contribution is -2.50. The second-order valence-electron chi connectivity index (χ2n) is 7.04. The van der Waals surface area contributed by atoms with Gasteiger partial charge in [0, 0.05) is 32.5 Å². The number of piperidine rings is 1. The van der Waals surface area contributed by atoms with Gasteiger partial charge in [-0.3, -0.25) is 9.48 Å². The maximum absolute atomic E-state index is 13.6. The average molecular weight is 426 g/mol. The molecule has 0 radical (unpaired) electrons. The van der Waals surface area contributed by atoms with E-state index in [2.05, 4.69) is 20.5 Å². The normalized spacial score (nSPS) is 20.0. The number of alkyl halides is 4. The number of hydrogen-bond acceptors (Lipinski definition) is 6. The number of nitrogens with two attached hydrogens (primary N) is 1. The van der Waals surface area contributed by atoms with Gasteiger partial charge in [-0.2, -0.15) is 23.4 Å². The van der Waals surface area contributed by atoms with E-state index in [1.165, 1.54) is 17.8 Å². The molecular formula is C17H18F4N8O. The number of amides is 1. The zero-order valence-electron chi connectivity index (χ0n) is 15.8. The smallest absolute Gasteiger partial charge is 0.355 e. The number of hydrogen-bond donors (Lipinski definition) is 2. The van der Waals surface area contributed by atoms with Gasteiger partial charge in [-0.25, -0.2) is 13.9 Å². The quantitative estimate of drug-likeness (QED) is 0.617. The lowest BCUT2D eigenvalue weighted by Gasteiger charge is -2.33. The van der Waals surface area contributed by atoms with Crippen LogP contribution >= 0.6 is 0 Å². The van der Waals surface area contributed by atoms with E-state index in [1.54, 1.807) is 17.2 Å². The summed E-state index contributed by atoms with van der Waals surface area (Å²) in [6.45, 7) is 0.656. The molecule has 1 aliphatic rings. The van der Waals surface area contributed by atoms with E-state index >= 15 is 0 Å². The van der Waals surface area contributed by atoms with Crippen LogP contribution in [0, 0.1) is 0 Å². The van der Waals surface area contributed by atoms with Gasteiger partial charge in [0.2, 0.25) is 0 Å². The molecule has 2 atom stereocenters. The van der Waals surface area contributed by atoms with E-state index < -0.39 is 35.7 Å². The molecular weight excluding hydrogens is 408 g/mol. The molecule has 1 fully saturated rings. The highest BCUT2D eigenvalue weighted by molar-refractivity contribution is 6.08. The van der Waals surface area contributed by atoms with Crippen molar-refractivity contribution in [2.24, 2.45) is 12.8 Å². The van der Waals surface area contributed by atoms with E-state index in [4.69, 9.17) is 5.73 Å². The summed E-state index contributed by atoms with van der Waals surface area (Å²) < 4.78 is 55.3. The van der Waals surface area contributed by atoms with Crippen molar-refractivity contribution in [3.05, 3.63) is 35.9 Å². The van der Waals surface area contributed by atoms with Crippen molar-refractivity contribution in [3.63, 3.8) is 0 Å². The van der Waals surface area contributed by atoms with E-state index in [9.17, 15) is 22.4 Å². The number of aromatic nitrogens is 5. The maximum Gasteiger partial charge on any atom is 0.437 e. The van der Waals surface area contributed by atoms with Crippen LogP contribution in [0.4, 0.5) is 29.1 Å². The Morgan fingerprint density at radius 2 is 2.13 bits per heavy atom. The second kappa shape index (κ2) is 7.23. The minimum absolute atomic E-state index is 0.0153. The first-order chi connectivity index (χ1) is 14.1. The Morgan fingerprint density at radius 1 is 1.37 bits per heavy atom. The van der Waals surface area contributed by atoms with Crippen LogP contribution in [0.25, 0.3) is 5.65 Å². The highest BCUT2D eigenvalue weighted by Gasteiger charge is 2.38. The first-order valence-electron chi connectivity index (χ1n) is 9.04. The molecule has 9 nitrogen and oxygen atoms in total. The Labute approximate surface area is 167 Å². The maximum atomic E-state index is 13.6. The zero-order chi connectivity index (χ0) is 21.6. The summed E-state index contributed by atoms with van der Waals surface area (Å²) in [5.41, 5.74) is 4.25. The first-order valence-corrected chi connectivity index (χ1v) is 9.04. The number of halogens is 4. The number of aryl methyl sites for hydroxylation is 1. The molecule has 4 rings (SSSR count). The van der Waals surface area contributed by atoms with Crippen LogP contribution in [-0.4, -0.2) is 55.6 Å². The van der Waals surface area contributed by atoms with Crippen LogP contribution in [-0.2, 0) is 13.2 Å². The monoisotopic (exact) mass is 426 g/mol. The number of rotatable bonds is 3. The Morgan fingerprint density at radius 3 is 2.83 bits per heavy atom. The molecule has 0 aromatic carbocycles. The van der Waals surface area contributed by atoms with E-state index in [-0.39, 0.29) is 24.2 Å². The summed E-state index contributed by atoms with van der Waals surface area (Å²) in [5, 5.41) is 9.60. The van der Waals surface area contributed by atoms with Crippen molar-refractivity contribution in [1.82, 2.24) is 24.4 Å². The largest absolute Gasteiger partial charge is 0.437 e. The molecule has 3 N–H and O–H groups in total. The predicted molar refractivity (Wildman–Crippen MR) is 98.9 cm³/mol. The van der Waals surface area contributed by atoms with Gasteiger partial charge >= 0.3 is 6.18 Å². The average Bonchev–Trinajstić information content (AvgIpc) is 3.26. The van der Waals surface area contributed by atoms with Crippen molar-refractivity contribution in [2.75, 3.05) is 23.3 Å². The van der Waals surface area contributed by atoms with Crippen LogP contribution in [0.1, 0.15) is 22.5 Å². The van der Waals surface area contributed by atoms with Crippen molar-refractivity contribution in [3.8, 4) is 0 Å². The number of nitrogens with one attached hydrogen (secondary N) is 1. The Hall–Kier alpha value is -3.22. The highest BCUT2D eigenvalue weighted by atomic mass is 19.4. The van der Waals surface area contributed by atoms with Gasteiger partial charge in [-0.1, -0.05) is 0 Å². The molecule has 0 aliphatic carbocycles. The fraction of sp³-hybridized carbons (Fsp3) is 0.412. The molecule has 0 spiro atoms. The summed E-state index contributed by atoms with van der Waals surface area (Å²) in [5.74, 6) is -0.343. The Kier molecular flexibility index (Phi) is 4.84. The SMILES string of the molecule is Cn1cc(NC(=O)c2cnn3ccc(N4CC[C@@H](F)[C@H](N)C4)nc23)c(C(F)(F)F)n1. The molecule has 4 heterocycles. The third kappa shape index (κ3) is 3.67. The van der Waals surface area contributed by atoms with Crippen molar-refractivity contribution in [1.29, 1.82) is 0 Å². The first kappa shape index (κ1) is 20.1. The fourth-order valence-corrected chi connectivity index (χ4v) is 3.34. The molecule has 0 bridgehead atoms. The van der Waals surface area contributed by atoms with Crippen molar-refractivity contribution in [2.45, 2.75) is 24.8 Å². The van der Waals surface area contributed by atoms with Gasteiger partial charge in [0.25, 0.3) is 5.91 Å². The molecule has 1 aliphatic heterocycles. The van der Waals surface area contributed by atoms with Crippen LogP contribution in [0.5, 0.6) is 0 Å². The summed E-state index contributed by atoms with van der Waals surface area (Å²) in [6, 6.07) is 0.992. The zero-order valence-corrected chi connectivity index (χ0v) is 15.8. The molecule has 3 aromatic rings. The fourth-order valence-electron chi connectivity index (χ4n) is 3.34.